The fourth-order valence-corrected chi connectivity index (χ4v) is 6.09. The number of hydrogen-bond donors (Lipinski definition) is 0. The molecule has 1 fully saturated rings. The molecule has 0 unspecified atom stereocenters. The summed E-state index contributed by atoms with van der Waals surface area (Å²) in [6.45, 7) is 0. The quantitative estimate of drug-likeness (QED) is 0.259. The summed E-state index contributed by atoms with van der Waals surface area (Å²) in [5.41, 5.74) is 5.44. The molecule has 2 heterocycles. The predicted molar refractivity (Wildman–Crippen MR) is 137 cm³/mol. The first kappa shape index (κ1) is 16.9. The van der Waals surface area contributed by atoms with E-state index in [1.165, 1.54) is 78.0 Å². The van der Waals surface area contributed by atoms with Crippen LogP contribution in [-0.4, -0.2) is 9.13 Å². The van der Waals surface area contributed by atoms with Crippen molar-refractivity contribution in [1.29, 1.82) is 0 Å². The van der Waals surface area contributed by atoms with Crippen molar-refractivity contribution in [2.24, 2.45) is 7.05 Å². The number of aryl methyl sites for hydroxylation is 1. The molecule has 152 valence electrons. The second kappa shape index (κ2) is 5.72. The minimum Gasteiger partial charge on any atom is -0.343 e. The molecule has 32 heavy (non-hydrogen) atoms. The van der Waals surface area contributed by atoms with Gasteiger partial charge < -0.3 is 9.13 Å². The molecule has 0 atom stereocenters. The van der Waals surface area contributed by atoms with Gasteiger partial charge in [-0.2, -0.15) is 0 Å². The number of aromatic nitrogens is 2. The molecular weight excluding hydrogens is 388 g/mol. The molecule has 1 aliphatic rings. The Morgan fingerprint density at radius 2 is 1.19 bits per heavy atom. The first-order chi connectivity index (χ1) is 15.8. The van der Waals surface area contributed by atoms with Crippen LogP contribution in [0, 0.1) is 0 Å². The number of fused-ring (bicyclic) bond motifs is 11. The smallest absolute Gasteiger partial charge is 0.0590 e. The molecule has 2 heteroatoms. The van der Waals surface area contributed by atoms with Gasteiger partial charge in [0.1, 0.15) is 0 Å². The monoisotopic (exact) mass is 410 g/mol. The van der Waals surface area contributed by atoms with Crippen LogP contribution in [-0.2, 0) is 7.05 Å². The van der Waals surface area contributed by atoms with Crippen LogP contribution in [0.5, 0.6) is 0 Å². The van der Waals surface area contributed by atoms with Crippen molar-refractivity contribution in [3.63, 3.8) is 0 Å². The first-order valence-electron chi connectivity index (χ1n) is 11.6. The molecule has 0 bridgehead atoms. The third kappa shape index (κ3) is 1.96. The molecule has 5 aromatic carbocycles. The lowest BCUT2D eigenvalue weighted by Gasteiger charge is -2.07. The van der Waals surface area contributed by atoms with Gasteiger partial charge in [-0.05, 0) is 41.1 Å². The third-order valence-corrected chi connectivity index (χ3v) is 7.61. The summed E-state index contributed by atoms with van der Waals surface area (Å²) >= 11 is 0. The van der Waals surface area contributed by atoms with Crippen LogP contribution in [0.3, 0.4) is 0 Å². The van der Waals surface area contributed by atoms with Crippen molar-refractivity contribution in [2.75, 3.05) is 0 Å². The Morgan fingerprint density at radius 1 is 0.562 bits per heavy atom. The van der Waals surface area contributed by atoms with Gasteiger partial charge in [-0.25, -0.2) is 0 Å². The molecular formula is C30H22N2. The minimum absolute atomic E-state index is 0.619. The number of hydrogen-bond acceptors (Lipinski definition) is 0. The maximum atomic E-state index is 2.64. The van der Waals surface area contributed by atoms with Gasteiger partial charge in [0.05, 0.1) is 16.6 Å². The topological polar surface area (TPSA) is 9.86 Å². The van der Waals surface area contributed by atoms with Gasteiger partial charge in [0.15, 0.2) is 0 Å². The van der Waals surface area contributed by atoms with Gasteiger partial charge >= 0.3 is 0 Å². The number of rotatable bonds is 1. The molecule has 0 saturated heterocycles. The molecule has 0 radical (unpaired) electrons. The summed E-state index contributed by atoms with van der Waals surface area (Å²) in [5, 5.41) is 10.8. The average Bonchev–Trinajstić information content (AvgIpc) is 3.56. The molecule has 2 nitrogen and oxygen atoms in total. The fraction of sp³-hybridized carbons (Fsp3) is 0.133. The van der Waals surface area contributed by atoms with Crippen LogP contribution in [0.25, 0.3) is 65.2 Å². The summed E-state index contributed by atoms with van der Waals surface area (Å²) in [7, 11) is 2.24. The Hall–Kier alpha value is -3.78. The normalized spacial score (nSPS) is 14.7. The van der Waals surface area contributed by atoms with Gasteiger partial charge in [-0.15, -0.1) is 0 Å². The van der Waals surface area contributed by atoms with Gasteiger partial charge in [-0.1, -0.05) is 72.8 Å². The van der Waals surface area contributed by atoms with Crippen LogP contribution in [0.15, 0.2) is 84.9 Å². The zero-order valence-electron chi connectivity index (χ0n) is 18.0. The summed E-state index contributed by atoms with van der Waals surface area (Å²) < 4.78 is 5.06. The zero-order chi connectivity index (χ0) is 21.0. The number of nitrogens with zero attached hydrogens (tertiary/aromatic N) is 2. The Balaban J connectivity index is 1.68. The summed E-state index contributed by atoms with van der Waals surface area (Å²) in [4.78, 5) is 0. The summed E-state index contributed by atoms with van der Waals surface area (Å²) in [5.74, 6) is 0. The molecule has 7 aromatic rings. The van der Waals surface area contributed by atoms with E-state index < -0.39 is 0 Å². The van der Waals surface area contributed by atoms with E-state index in [0.29, 0.717) is 6.04 Å². The SMILES string of the molecule is Cn1c2ccc3ccccc3c2c2ccc3c(c4ccc5ccccc5c4n3C3CC3)c21. The molecule has 1 saturated carbocycles. The van der Waals surface area contributed by atoms with Gasteiger partial charge in [0.2, 0.25) is 0 Å². The lowest BCUT2D eigenvalue weighted by molar-refractivity contribution is 0.807. The molecule has 0 amide bonds. The lowest BCUT2D eigenvalue weighted by atomic mass is 10.0. The maximum Gasteiger partial charge on any atom is 0.0590 e. The second-order valence-electron chi connectivity index (χ2n) is 9.38. The second-order valence-corrected chi connectivity index (χ2v) is 9.38. The van der Waals surface area contributed by atoms with Crippen LogP contribution < -0.4 is 0 Å². The van der Waals surface area contributed by atoms with Gasteiger partial charge in [0.25, 0.3) is 0 Å². The summed E-state index contributed by atoms with van der Waals surface area (Å²) in [6, 6.07) is 32.2. The Labute approximate surface area is 185 Å². The van der Waals surface area contributed by atoms with Crippen molar-refractivity contribution >= 4 is 65.2 Å². The average molecular weight is 411 g/mol. The molecule has 2 aromatic heterocycles. The Bertz CT molecular complexity index is 1890. The number of benzene rings is 5. The Kier molecular flexibility index (Phi) is 3.01. The first-order valence-corrected chi connectivity index (χ1v) is 11.6. The van der Waals surface area contributed by atoms with Crippen molar-refractivity contribution < 1.29 is 0 Å². The van der Waals surface area contributed by atoms with E-state index in [1.807, 2.05) is 0 Å². The molecule has 0 N–H and O–H groups in total. The molecule has 0 aliphatic heterocycles. The van der Waals surface area contributed by atoms with E-state index in [1.54, 1.807) is 0 Å². The molecule has 0 spiro atoms. The minimum atomic E-state index is 0.619. The van der Waals surface area contributed by atoms with E-state index in [9.17, 15) is 0 Å². The summed E-state index contributed by atoms with van der Waals surface area (Å²) in [6.07, 6.45) is 2.56. The van der Waals surface area contributed by atoms with E-state index in [4.69, 9.17) is 0 Å². The highest BCUT2D eigenvalue weighted by Gasteiger charge is 2.29. The van der Waals surface area contributed by atoms with E-state index in [0.717, 1.165) is 0 Å². The van der Waals surface area contributed by atoms with Crippen molar-refractivity contribution in [1.82, 2.24) is 9.13 Å². The highest BCUT2D eigenvalue weighted by atomic mass is 15.1. The zero-order valence-corrected chi connectivity index (χ0v) is 18.0. The third-order valence-electron chi connectivity index (χ3n) is 7.61. The van der Waals surface area contributed by atoms with E-state index >= 15 is 0 Å². The van der Waals surface area contributed by atoms with Crippen molar-refractivity contribution in [3.05, 3.63) is 84.9 Å². The Morgan fingerprint density at radius 3 is 2.00 bits per heavy atom. The standard InChI is InChI=1S/C30H22N2/c1-31-25-16-11-18-6-2-4-8-21(18)27(25)23-15-17-26-28(30(23)31)24-14-10-19-7-3-5-9-22(19)29(24)32(26)20-12-13-20/h2-11,14-17,20H,12-13H2,1H3. The largest absolute Gasteiger partial charge is 0.343 e. The van der Waals surface area contributed by atoms with Crippen LogP contribution >= 0.6 is 0 Å². The van der Waals surface area contributed by atoms with Crippen LogP contribution in [0.1, 0.15) is 18.9 Å². The van der Waals surface area contributed by atoms with E-state index in [-0.39, 0.29) is 0 Å². The predicted octanol–water partition coefficient (Wildman–Crippen LogP) is 8.08. The van der Waals surface area contributed by atoms with E-state index in [2.05, 4.69) is 101 Å². The van der Waals surface area contributed by atoms with Crippen molar-refractivity contribution in [2.45, 2.75) is 18.9 Å². The van der Waals surface area contributed by atoms with Crippen molar-refractivity contribution in [3.8, 4) is 0 Å². The highest BCUT2D eigenvalue weighted by molar-refractivity contribution is 6.31. The van der Waals surface area contributed by atoms with Crippen LogP contribution in [0.2, 0.25) is 0 Å². The fourth-order valence-electron chi connectivity index (χ4n) is 6.09. The molecule has 8 rings (SSSR count). The highest BCUT2D eigenvalue weighted by Crippen LogP contribution is 2.47. The lowest BCUT2D eigenvalue weighted by Crippen LogP contribution is -1.94. The van der Waals surface area contributed by atoms with Crippen LogP contribution in [0.4, 0.5) is 0 Å². The van der Waals surface area contributed by atoms with Gasteiger partial charge in [0, 0.05) is 45.5 Å². The van der Waals surface area contributed by atoms with Gasteiger partial charge in [-0.3, -0.25) is 0 Å². The molecule has 1 aliphatic carbocycles. The maximum absolute atomic E-state index is 2.64.